The zero-order chi connectivity index (χ0) is 11.2. The van der Waals surface area contributed by atoms with Crippen molar-refractivity contribution >= 4 is 0 Å². The maximum absolute atomic E-state index is 12.9. The number of hydrogen-bond donors (Lipinski definition) is 1. The highest BCUT2D eigenvalue weighted by atomic mass is 19.1. The lowest BCUT2D eigenvalue weighted by molar-refractivity contribution is 0.498. The Balaban J connectivity index is 1.72. The molecule has 1 aromatic carbocycles. The minimum Gasteiger partial charge on any atom is -0.469 e. The quantitative estimate of drug-likeness (QED) is 0.782. The van der Waals surface area contributed by atoms with Crippen LogP contribution in [0.3, 0.4) is 0 Å². The molecule has 2 aromatic rings. The van der Waals surface area contributed by atoms with Gasteiger partial charge < -0.3 is 9.73 Å². The van der Waals surface area contributed by atoms with Crippen molar-refractivity contribution in [3.8, 4) is 0 Å². The summed E-state index contributed by atoms with van der Waals surface area (Å²) in [5, 5.41) is 3.24. The van der Waals surface area contributed by atoms with Gasteiger partial charge in [0.15, 0.2) is 0 Å². The van der Waals surface area contributed by atoms with Crippen LogP contribution in [0, 0.1) is 5.82 Å². The fourth-order valence-electron chi connectivity index (χ4n) is 1.55. The van der Waals surface area contributed by atoms with Crippen molar-refractivity contribution in [2.75, 3.05) is 6.54 Å². The Morgan fingerprint density at radius 2 is 2.12 bits per heavy atom. The fraction of sp³-hybridized carbons (Fsp3) is 0.231. The summed E-state index contributed by atoms with van der Waals surface area (Å²) < 4.78 is 18.1. The number of furan rings is 1. The van der Waals surface area contributed by atoms with E-state index in [1.54, 1.807) is 18.4 Å². The van der Waals surface area contributed by atoms with Crippen LogP contribution in [-0.4, -0.2) is 6.54 Å². The molecule has 0 atom stereocenters. The monoisotopic (exact) mass is 219 g/mol. The Morgan fingerprint density at radius 1 is 1.19 bits per heavy atom. The van der Waals surface area contributed by atoms with E-state index in [-0.39, 0.29) is 5.82 Å². The van der Waals surface area contributed by atoms with Crippen molar-refractivity contribution in [2.24, 2.45) is 0 Å². The third-order valence-corrected chi connectivity index (χ3v) is 2.35. The number of halogens is 1. The van der Waals surface area contributed by atoms with E-state index < -0.39 is 0 Å². The van der Waals surface area contributed by atoms with Gasteiger partial charge in [-0.1, -0.05) is 12.1 Å². The highest BCUT2D eigenvalue weighted by Gasteiger charge is 1.97. The molecule has 0 saturated heterocycles. The summed E-state index contributed by atoms with van der Waals surface area (Å²) in [5.41, 5.74) is 0.958. The largest absolute Gasteiger partial charge is 0.469 e. The minimum absolute atomic E-state index is 0.190. The van der Waals surface area contributed by atoms with Crippen molar-refractivity contribution in [3.63, 3.8) is 0 Å². The lowest BCUT2D eigenvalue weighted by atomic mass is 10.2. The minimum atomic E-state index is -0.190. The van der Waals surface area contributed by atoms with Gasteiger partial charge in [-0.25, -0.2) is 4.39 Å². The first kappa shape index (κ1) is 10.9. The second-order valence-electron chi connectivity index (χ2n) is 3.64. The molecule has 1 aromatic heterocycles. The summed E-state index contributed by atoms with van der Waals surface area (Å²) in [4.78, 5) is 0. The Bertz CT molecular complexity index is 425. The van der Waals surface area contributed by atoms with E-state index in [0.29, 0.717) is 6.54 Å². The maximum Gasteiger partial charge on any atom is 0.123 e. The smallest absolute Gasteiger partial charge is 0.123 e. The van der Waals surface area contributed by atoms with Crippen LogP contribution in [-0.2, 0) is 13.0 Å². The molecule has 0 radical (unpaired) electrons. The van der Waals surface area contributed by atoms with Crippen LogP contribution in [0.25, 0.3) is 0 Å². The molecular weight excluding hydrogens is 205 g/mol. The van der Waals surface area contributed by atoms with Crippen LogP contribution in [0.4, 0.5) is 4.39 Å². The van der Waals surface area contributed by atoms with Gasteiger partial charge >= 0.3 is 0 Å². The van der Waals surface area contributed by atoms with Crippen molar-refractivity contribution < 1.29 is 8.81 Å². The third-order valence-electron chi connectivity index (χ3n) is 2.35. The fourth-order valence-corrected chi connectivity index (χ4v) is 1.55. The molecule has 2 nitrogen and oxygen atoms in total. The van der Waals surface area contributed by atoms with Crippen LogP contribution in [0.15, 0.2) is 47.1 Å². The third kappa shape index (κ3) is 3.21. The molecule has 0 bridgehead atoms. The molecule has 16 heavy (non-hydrogen) atoms. The van der Waals surface area contributed by atoms with E-state index in [4.69, 9.17) is 4.42 Å². The van der Waals surface area contributed by atoms with E-state index >= 15 is 0 Å². The SMILES string of the molecule is Fc1cccc(CNCCc2ccco2)c1. The van der Waals surface area contributed by atoms with Crippen LogP contribution in [0.2, 0.25) is 0 Å². The first-order valence-corrected chi connectivity index (χ1v) is 5.32. The Kier molecular flexibility index (Phi) is 3.72. The standard InChI is InChI=1S/C13H14FNO/c14-12-4-1-3-11(9-12)10-15-7-6-13-5-2-8-16-13/h1-5,8-9,15H,6-7,10H2. The molecule has 0 aliphatic rings. The summed E-state index contributed by atoms with van der Waals surface area (Å²) in [6.45, 7) is 1.50. The lowest BCUT2D eigenvalue weighted by Gasteiger charge is -2.03. The van der Waals surface area contributed by atoms with E-state index in [0.717, 1.165) is 24.3 Å². The summed E-state index contributed by atoms with van der Waals surface area (Å²) in [6.07, 6.45) is 2.52. The van der Waals surface area contributed by atoms with Crippen molar-refractivity contribution in [1.29, 1.82) is 0 Å². The van der Waals surface area contributed by atoms with Crippen LogP contribution in [0.5, 0.6) is 0 Å². The molecule has 0 fully saturated rings. The van der Waals surface area contributed by atoms with Crippen LogP contribution < -0.4 is 5.32 Å². The van der Waals surface area contributed by atoms with Gasteiger partial charge in [-0.2, -0.15) is 0 Å². The predicted molar refractivity (Wildman–Crippen MR) is 60.5 cm³/mol. The molecule has 0 aliphatic heterocycles. The lowest BCUT2D eigenvalue weighted by Crippen LogP contribution is -2.16. The normalized spacial score (nSPS) is 10.6. The van der Waals surface area contributed by atoms with Crippen molar-refractivity contribution in [1.82, 2.24) is 5.32 Å². The molecule has 3 heteroatoms. The summed E-state index contributed by atoms with van der Waals surface area (Å²) in [6, 6.07) is 10.4. The van der Waals surface area contributed by atoms with Gasteiger partial charge in [0, 0.05) is 19.5 Å². The molecule has 0 unspecified atom stereocenters. The molecule has 1 heterocycles. The topological polar surface area (TPSA) is 25.2 Å². The first-order chi connectivity index (χ1) is 7.84. The molecule has 0 amide bonds. The highest BCUT2D eigenvalue weighted by Crippen LogP contribution is 2.03. The molecule has 0 spiro atoms. The van der Waals surface area contributed by atoms with Gasteiger partial charge in [-0.15, -0.1) is 0 Å². The van der Waals surface area contributed by atoms with Crippen LogP contribution >= 0.6 is 0 Å². The van der Waals surface area contributed by atoms with Gasteiger partial charge in [0.1, 0.15) is 11.6 Å². The van der Waals surface area contributed by atoms with Crippen LogP contribution in [0.1, 0.15) is 11.3 Å². The predicted octanol–water partition coefficient (Wildman–Crippen LogP) is 2.75. The second-order valence-corrected chi connectivity index (χ2v) is 3.64. The van der Waals surface area contributed by atoms with Gasteiger partial charge in [-0.3, -0.25) is 0 Å². The zero-order valence-corrected chi connectivity index (χ0v) is 8.95. The van der Waals surface area contributed by atoms with Gasteiger partial charge in [-0.05, 0) is 29.8 Å². The van der Waals surface area contributed by atoms with E-state index in [1.807, 2.05) is 18.2 Å². The molecule has 0 saturated carbocycles. The molecular formula is C13H14FNO. The summed E-state index contributed by atoms with van der Waals surface area (Å²) in [7, 11) is 0. The Hall–Kier alpha value is -1.61. The zero-order valence-electron chi connectivity index (χ0n) is 8.95. The second kappa shape index (κ2) is 5.47. The summed E-state index contributed by atoms with van der Waals surface area (Å²) in [5.74, 6) is 0.775. The van der Waals surface area contributed by atoms with Gasteiger partial charge in [0.05, 0.1) is 6.26 Å². The Labute approximate surface area is 94.1 Å². The summed E-state index contributed by atoms with van der Waals surface area (Å²) >= 11 is 0. The molecule has 2 rings (SSSR count). The van der Waals surface area contributed by atoms with E-state index in [1.165, 1.54) is 6.07 Å². The van der Waals surface area contributed by atoms with Gasteiger partial charge in [0.25, 0.3) is 0 Å². The van der Waals surface area contributed by atoms with Gasteiger partial charge in [0.2, 0.25) is 0 Å². The number of benzene rings is 1. The number of nitrogens with one attached hydrogen (secondary N) is 1. The first-order valence-electron chi connectivity index (χ1n) is 5.32. The number of rotatable bonds is 5. The van der Waals surface area contributed by atoms with Crippen molar-refractivity contribution in [3.05, 3.63) is 59.8 Å². The van der Waals surface area contributed by atoms with E-state index in [2.05, 4.69) is 5.32 Å². The highest BCUT2D eigenvalue weighted by molar-refractivity contribution is 5.15. The molecule has 1 N–H and O–H groups in total. The molecule has 84 valence electrons. The average molecular weight is 219 g/mol. The Morgan fingerprint density at radius 3 is 2.88 bits per heavy atom. The average Bonchev–Trinajstić information content (AvgIpc) is 2.77. The number of hydrogen-bond acceptors (Lipinski definition) is 2. The van der Waals surface area contributed by atoms with E-state index in [9.17, 15) is 4.39 Å². The molecule has 0 aliphatic carbocycles. The van der Waals surface area contributed by atoms with Crippen molar-refractivity contribution in [2.45, 2.75) is 13.0 Å². The maximum atomic E-state index is 12.9.